The minimum atomic E-state index is -0.250. The summed E-state index contributed by atoms with van der Waals surface area (Å²) in [5, 5.41) is 6.89. The number of ether oxygens (including phenoxy) is 2. The molecular formula is C57H118N2O5. The highest BCUT2D eigenvalue weighted by Crippen LogP contribution is 2.15. The van der Waals surface area contributed by atoms with E-state index in [4.69, 9.17) is 14.6 Å². The Hall–Kier alpha value is -1.18. The molecule has 0 heterocycles. The predicted octanol–water partition coefficient (Wildman–Crippen LogP) is 17.6. The molecule has 7 nitrogen and oxygen atoms in total. The molecular weight excluding hydrogens is 793 g/mol. The van der Waals surface area contributed by atoms with Crippen molar-refractivity contribution in [1.29, 1.82) is 0 Å². The van der Waals surface area contributed by atoms with Crippen LogP contribution in [0.2, 0.25) is 0 Å². The van der Waals surface area contributed by atoms with Gasteiger partial charge in [0.2, 0.25) is 0 Å². The molecule has 1 N–H and O–H groups in total. The van der Waals surface area contributed by atoms with Crippen LogP contribution in [0.25, 0.3) is 0 Å². The maximum Gasteiger partial charge on any atom is 0.293 e. The van der Waals surface area contributed by atoms with Gasteiger partial charge >= 0.3 is 0 Å². The van der Waals surface area contributed by atoms with Crippen LogP contribution < -0.4 is 0 Å². The summed E-state index contributed by atoms with van der Waals surface area (Å²) in [6, 6.07) is 0. The van der Waals surface area contributed by atoms with Crippen molar-refractivity contribution in [3.8, 4) is 0 Å². The second kappa shape index (κ2) is 66.1. The van der Waals surface area contributed by atoms with E-state index < -0.39 is 0 Å². The van der Waals surface area contributed by atoms with Crippen molar-refractivity contribution in [2.45, 2.75) is 298 Å². The van der Waals surface area contributed by atoms with Gasteiger partial charge in [-0.1, -0.05) is 266 Å². The Morgan fingerprint density at radius 1 is 0.297 bits per heavy atom. The third kappa shape index (κ3) is 65.1. The molecule has 0 aliphatic carbocycles. The molecule has 0 saturated heterocycles. The molecule has 0 fully saturated rings. The van der Waals surface area contributed by atoms with Crippen molar-refractivity contribution in [3.05, 3.63) is 0 Å². The highest BCUT2D eigenvalue weighted by molar-refractivity contribution is 5.36. The molecule has 7 heteroatoms. The zero-order chi connectivity index (χ0) is 47.3. The van der Waals surface area contributed by atoms with Gasteiger partial charge in [-0.15, -0.1) is 0 Å². The molecule has 0 aromatic carbocycles. The highest BCUT2D eigenvalue weighted by Gasteiger charge is 2.08. The molecule has 64 heavy (non-hydrogen) atoms. The number of hydrogen-bond acceptors (Lipinski definition) is 6. The molecule has 0 saturated carbocycles. The number of unbranched alkanes of at least 4 members (excludes halogenated alkanes) is 36. The lowest BCUT2D eigenvalue weighted by molar-refractivity contribution is -0.128. The Morgan fingerprint density at radius 3 is 0.719 bits per heavy atom. The van der Waals surface area contributed by atoms with E-state index in [9.17, 15) is 4.79 Å². The van der Waals surface area contributed by atoms with Gasteiger partial charge in [0.05, 0.1) is 19.8 Å². The van der Waals surface area contributed by atoms with Crippen molar-refractivity contribution in [1.82, 2.24) is 9.80 Å². The van der Waals surface area contributed by atoms with E-state index in [1.54, 1.807) is 0 Å². The summed E-state index contributed by atoms with van der Waals surface area (Å²) >= 11 is 0. The molecule has 0 atom stereocenters. The van der Waals surface area contributed by atoms with Gasteiger partial charge in [-0.3, -0.25) is 9.59 Å². The average Bonchev–Trinajstić information content (AvgIpc) is 3.30. The Balaban J connectivity index is -0.00000210. The first-order valence-corrected chi connectivity index (χ1v) is 28.8. The van der Waals surface area contributed by atoms with Crippen LogP contribution in [0.4, 0.5) is 0 Å². The molecule has 0 aromatic rings. The van der Waals surface area contributed by atoms with Gasteiger partial charge in [-0.05, 0) is 58.3 Å². The van der Waals surface area contributed by atoms with Crippen molar-refractivity contribution in [3.63, 3.8) is 0 Å². The van der Waals surface area contributed by atoms with E-state index in [2.05, 4.69) is 49.2 Å². The van der Waals surface area contributed by atoms with Crippen LogP contribution in [0, 0.1) is 0 Å². The largest absolute Gasteiger partial charge is 0.483 e. The molecule has 0 aliphatic heterocycles. The second-order valence-electron chi connectivity index (χ2n) is 19.1. The van der Waals surface area contributed by atoms with E-state index in [0.717, 1.165) is 32.7 Å². The van der Waals surface area contributed by atoms with Gasteiger partial charge in [0, 0.05) is 13.1 Å². The second-order valence-corrected chi connectivity index (χ2v) is 19.1. The van der Waals surface area contributed by atoms with Crippen LogP contribution in [0.3, 0.4) is 0 Å². The standard InChI is InChI=1S/C46H96N2O.C10H20O2.CH2O2/c1-5-9-13-17-21-22-23-24-25-26-27-30-34-38-42-47(39-35-31-20-16-12-8-4)43-45-49-46-44-48(40-36-32-28-18-14-10-6-2)41-37-33-29-19-15-11-7-3;1-2-3-4-5-6-7-8-9-12-10-11;2-1-3/h5-46H2,1-4H3;10H,2-9H2,1H3;1H,(H,2,3). The summed E-state index contributed by atoms with van der Waals surface area (Å²) in [5.41, 5.74) is 0. The molecule has 0 radical (unpaired) electrons. The van der Waals surface area contributed by atoms with Gasteiger partial charge < -0.3 is 24.4 Å². The van der Waals surface area contributed by atoms with Gasteiger partial charge in [0.15, 0.2) is 0 Å². The monoisotopic (exact) mass is 911 g/mol. The van der Waals surface area contributed by atoms with Crippen molar-refractivity contribution in [2.24, 2.45) is 0 Å². The van der Waals surface area contributed by atoms with Crippen LogP contribution >= 0.6 is 0 Å². The fourth-order valence-corrected chi connectivity index (χ4v) is 8.58. The Morgan fingerprint density at radius 2 is 0.500 bits per heavy atom. The summed E-state index contributed by atoms with van der Waals surface area (Å²) in [6.07, 6.45) is 57.1. The molecule has 0 rings (SSSR count). The zero-order valence-corrected chi connectivity index (χ0v) is 44.5. The fourth-order valence-electron chi connectivity index (χ4n) is 8.58. The predicted molar refractivity (Wildman–Crippen MR) is 282 cm³/mol. The van der Waals surface area contributed by atoms with Crippen LogP contribution in [-0.2, 0) is 19.1 Å². The Labute approximate surface area is 402 Å². The maximum atomic E-state index is 9.76. The lowest BCUT2D eigenvalue weighted by atomic mass is 10.0. The van der Waals surface area contributed by atoms with E-state index in [-0.39, 0.29) is 6.47 Å². The molecule has 0 aliphatic rings. The summed E-state index contributed by atoms with van der Waals surface area (Å²) in [6.45, 7) is 21.5. The van der Waals surface area contributed by atoms with Gasteiger partial charge in [-0.25, -0.2) is 0 Å². The molecule has 386 valence electrons. The Kier molecular flexibility index (Phi) is 69.3. The normalized spacial score (nSPS) is 11.1. The average molecular weight is 912 g/mol. The van der Waals surface area contributed by atoms with E-state index in [1.165, 1.54) is 283 Å². The quantitative estimate of drug-likeness (QED) is 0.0481. The number of nitrogens with zero attached hydrogens (tertiary/aromatic N) is 2. The van der Waals surface area contributed by atoms with Crippen molar-refractivity contribution in [2.75, 3.05) is 59.1 Å². The van der Waals surface area contributed by atoms with Crippen molar-refractivity contribution < 1.29 is 24.2 Å². The Bertz CT molecular complexity index is 784. The molecule has 0 spiro atoms. The first-order chi connectivity index (χ1) is 31.6. The number of carboxylic acid groups (broad SMARTS) is 1. The lowest BCUT2D eigenvalue weighted by Crippen LogP contribution is -2.32. The van der Waals surface area contributed by atoms with Crippen LogP contribution in [0.5, 0.6) is 0 Å². The van der Waals surface area contributed by atoms with E-state index in [1.807, 2.05) is 0 Å². The third-order valence-corrected chi connectivity index (χ3v) is 12.8. The van der Waals surface area contributed by atoms with Crippen molar-refractivity contribution >= 4 is 12.9 Å². The first-order valence-electron chi connectivity index (χ1n) is 28.8. The topological polar surface area (TPSA) is 79.3 Å². The molecule has 0 unspecified atom stereocenters. The number of hydrogen-bond donors (Lipinski definition) is 1. The van der Waals surface area contributed by atoms with Crippen LogP contribution in [0.15, 0.2) is 0 Å². The minimum absolute atomic E-state index is 0.250. The van der Waals surface area contributed by atoms with E-state index >= 15 is 0 Å². The summed E-state index contributed by atoms with van der Waals surface area (Å²) in [5.74, 6) is 0. The van der Waals surface area contributed by atoms with Crippen LogP contribution in [-0.4, -0.2) is 86.9 Å². The summed E-state index contributed by atoms with van der Waals surface area (Å²) in [4.78, 5) is 23.6. The van der Waals surface area contributed by atoms with E-state index in [0.29, 0.717) is 13.1 Å². The van der Waals surface area contributed by atoms with Gasteiger partial charge in [0.25, 0.3) is 12.9 Å². The molecule has 0 aromatic heterocycles. The lowest BCUT2D eigenvalue weighted by Gasteiger charge is -2.24. The van der Waals surface area contributed by atoms with Gasteiger partial charge in [-0.2, -0.15) is 0 Å². The highest BCUT2D eigenvalue weighted by atomic mass is 16.5. The third-order valence-electron chi connectivity index (χ3n) is 12.8. The fraction of sp³-hybridized carbons (Fsp3) is 0.965. The number of carbonyl (C=O) groups excluding carboxylic acids is 1. The zero-order valence-electron chi connectivity index (χ0n) is 44.5. The maximum absolute atomic E-state index is 9.76. The van der Waals surface area contributed by atoms with Crippen LogP contribution in [0.1, 0.15) is 298 Å². The smallest absolute Gasteiger partial charge is 0.293 e. The molecule has 0 amide bonds. The summed E-state index contributed by atoms with van der Waals surface area (Å²) in [7, 11) is 0. The minimum Gasteiger partial charge on any atom is -0.483 e. The number of carbonyl (C=O) groups is 2. The number of rotatable bonds is 53. The van der Waals surface area contributed by atoms with Gasteiger partial charge in [0.1, 0.15) is 0 Å². The first kappa shape index (κ1) is 67.1. The molecule has 0 bridgehead atoms. The summed E-state index contributed by atoms with van der Waals surface area (Å²) < 4.78 is 10.9. The SMILES string of the molecule is CCCCCCCCCCCCCCCCN(CCCCCCCC)CCOCCN(CCCCCCCCC)CCCCCCCCC.CCCCCCCCCOC=O.O=CO.